The minimum absolute atomic E-state index is 0.372. The number of aryl methyl sites for hydroxylation is 1. The largest absolute Gasteiger partial charge is 0.497 e. The number of amides is 2. The molecule has 0 aliphatic heterocycles. The molecule has 0 saturated carbocycles. The van der Waals surface area contributed by atoms with Gasteiger partial charge in [-0.15, -0.1) is 0 Å². The Labute approximate surface area is 157 Å². The topological polar surface area (TPSA) is 55.3 Å². The van der Waals surface area contributed by atoms with Crippen molar-refractivity contribution in [2.75, 3.05) is 12.4 Å². The summed E-state index contributed by atoms with van der Waals surface area (Å²) in [6, 6.07) is 15.3. The van der Waals surface area contributed by atoms with Gasteiger partial charge in [-0.05, 0) is 67.9 Å². The first-order valence-electron chi connectivity index (χ1n) is 8.60. The van der Waals surface area contributed by atoms with Crippen LogP contribution in [0.15, 0.2) is 54.6 Å². The lowest BCUT2D eigenvalue weighted by molar-refractivity contribution is 0.251. The van der Waals surface area contributed by atoms with E-state index in [9.17, 15) is 9.18 Å². The first kappa shape index (κ1) is 18.5. The summed E-state index contributed by atoms with van der Waals surface area (Å²) in [6.07, 6.45) is 0. The number of hydrogen-bond acceptors (Lipinski definition) is 2. The van der Waals surface area contributed by atoms with Crippen LogP contribution in [0.1, 0.15) is 17.0 Å². The van der Waals surface area contributed by atoms with E-state index in [1.807, 2.05) is 44.2 Å². The Bertz CT molecular complexity index is 949. The average Bonchev–Trinajstić information content (AvgIpc) is 2.94. The fraction of sp³-hybridized carbons (Fsp3) is 0.190. The number of ether oxygens (including phenoxy) is 1. The molecule has 0 atom stereocenters. The van der Waals surface area contributed by atoms with E-state index in [4.69, 9.17) is 4.74 Å². The van der Waals surface area contributed by atoms with Gasteiger partial charge in [-0.3, -0.25) is 0 Å². The van der Waals surface area contributed by atoms with Crippen LogP contribution in [-0.2, 0) is 6.54 Å². The summed E-state index contributed by atoms with van der Waals surface area (Å²) in [6.45, 7) is 4.41. The minimum atomic E-state index is -0.393. The molecule has 0 radical (unpaired) electrons. The molecule has 140 valence electrons. The lowest BCUT2D eigenvalue weighted by atomic mass is 10.2. The van der Waals surface area contributed by atoms with Crippen LogP contribution in [0.2, 0.25) is 0 Å². The second-order valence-corrected chi connectivity index (χ2v) is 6.25. The number of urea groups is 1. The Kier molecular flexibility index (Phi) is 5.45. The molecule has 2 N–H and O–H groups in total. The van der Waals surface area contributed by atoms with Crippen LogP contribution in [0, 0.1) is 19.7 Å². The summed E-state index contributed by atoms with van der Waals surface area (Å²) in [5.74, 6) is 0.410. The Morgan fingerprint density at radius 3 is 2.52 bits per heavy atom. The van der Waals surface area contributed by atoms with Crippen LogP contribution >= 0.6 is 0 Å². The molecule has 0 spiro atoms. The van der Waals surface area contributed by atoms with E-state index in [-0.39, 0.29) is 6.03 Å². The van der Waals surface area contributed by atoms with Crippen LogP contribution in [0.4, 0.5) is 14.9 Å². The van der Waals surface area contributed by atoms with Crippen LogP contribution in [-0.4, -0.2) is 17.7 Å². The van der Waals surface area contributed by atoms with Crippen molar-refractivity contribution in [1.82, 2.24) is 9.88 Å². The summed E-state index contributed by atoms with van der Waals surface area (Å²) in [7, 11) is 1.64. The van der Waals surface area contributed by atoms with E-state index in [1.54, 1.807) is 19.2 Å². The van der Waals surface area contributed by atoms with Crippen molar-refractivity contribution in [3.63, 3.8) is 0 Å². The van der Waals surface area contributed by atoms with Crippen molar-refractivity contribution in [3.8, 4) is 11.4 Å². The fourth-order valence-corrected chi connectivity index (χ4v) is 3.05. The maximum Gasteiger partial charge on any atom is 0.319 e. The number of nitrogens with zero attached hydrogens (tertiary/aromatic N) is 1. The molecule has 0 bridgehead atoms. The molecule has 5 nitrogen and oxygen atoms in total. The molecule has 3 rings (SSSR count). The highest BCUT2D eigenvalue weighted by Crippen LogP contribution is 2.22. The average molecular weight is 367 g/mol. The predicted octanol–water partition coefficient (Wildman–Crippen LogP) is 4.56. The third-order valence-electron chi connectivity index (χ3n) is 4.39. The Balaban J connectivity index is 1.69. The Morgan fingerprint density at radius 2 is 1.85 bits per heavy atom. The standard InChI is InChI=1S/C21H22FN3O2/c1-14-11-16(13-23-21(26)24-18-6-4-5-17(22)12-18)15(2)25(14)19-7-9-20(27-3)10-8-19/h4-12H,13H2,1-3H3,(H2,23,24,26). The summed E-state index contributed by atoms with van der Waals surface area (Å²) >= 11 is 0. The van der Waals surface area contributed by atoms with E-state index >= 15 is 0 Å². The summed E-state index contributed by atoms with van der Waals surface area (Å²) in [4.78, 5) is 12.1. The molecule has 0 aliphatic carbocycles. The van der Waals surface area contributed by atoms with Crippen molar-refractivity contribution >= 4 is 11.7 Å². The van der Waals surface area contributed by atoms with Crippen LogP contribution in [0.3, 0.4) is 0 Å². The van der Waals surface area contributed by atoms with Crippen LogP contribution in [0.25, 0.3) is 5.69 Å². The number of methoxy groups -OCH3 is 1. The molecular formula is C21H22FN3O2. The molecule has 27 heavy (non-hydrogen) atoms. The Morgan fingerprint density at radius 1 is 1.11 bits per heavy atom. The Hall–Kier alpha value is -3.28. The molecule has 0 aliphatic rings. The molecule has 0 fully saturated rings. The molecule has 2 aromatic carbocycles. The van der Waals surface area contributed by atoms with Crippen molar-refractivity contribution in [1.29, 1.82) is 0 Å². The number of nitrogens with one attached hydrogen (secondary N) is 2. The smallest absolute Gasteiger partial charge is 0.319 e. The molecule has 3 aromatic rings. The number of halogens is 1. The highest BCUT2D eigenvalue weighted by Gasteiger charge is 2.12. The predicted molar refractivity (Wildman–Crippen MR) is 104 cm³/mol. The van der Waals surface area contributed by atoms with E-state index < -0.39 is 5.82 Å². The van der Waals surface area contributed by atoms with Crippen LogP contribution < -0.4 is 15.4 Å². The SMILES string of the molecule is COc1ccc(-n2c(C)cc(CNC(=O)Nc3cccc(F)c3)c2C)cc1. The third-order valence-corrected chi connectivity index (χ3v) is 4.39. The summed E-state index contributed by atoms with van der Waals surface area (Å²) < 4.78 is 20.5. The highest BCUT2D eigenvalue weighted by molar-refractivity contribution is 5.89. The first-order chi connectivity index (χ1) is 13.0. The van der Waals surface area contributed by atoms with Crippen molar-refractivity contribution in [2.24, 2.45) is 0 Å². The number of benzene rings is 2. The monoisotopic (exact) mass is 367 g/mol. The third kappa shape index (κ3) is 4.28. The van der Waals surface area contributed by atoms with Crippen molar-refractivity contribution < 1.29 is 13.9 Å². The second-order valence-electron chi connectivity index (χ2n) is 6.25. The van der Waals surface area contributed by atoms with E-state index in [2.05, 4.69) is 15.2 Å². The van der Waals surface area contributed by atoms with Gasteiger partial charge in [0.1, 0.15) is 11.6 Å². The molecule has 0 saturated heterocycles. The zero-order chi connectivity index (χ0) is 19.4. The zero-order valence-electron chi connectivity index (χ0n) is 15.5. The lowest BCUT2D eigenvalue weighted by Gasteiger charge is -2.11. The van der Waals surface area contributed by atoms with Gasteiger partial charge in [0.2, 0.25) is 0 Å². The van der Waals surface area contributed by atoms with Gasteiger partial charge in [0, 0.05) is 29.3 Å². The van der Waals surface area contributed by atoms with Gasteiger partial charge in [0.25, 0.3) is 0 Å². The highest BCUT2D eigenvalue weighted by atomic mass is 19.1. The maximum atomic E-state index is 13.2. The van der Waals surface area contributed by atoms with Gasteiger partial charge in [-0.25, -0.2) is 9.18 Å². The number of carbonyl (C=O) groups is 1. The number of hydrogen-bond donors (Lipinski definition) is 2. The van der Waals surface area contributed by atoms with E-state index in [0.717, 1.165) is 28.4 Å². The fourth-order valence-electron chi connectivity index (χ4n) is 3.05. The second kappa shape index (κ2) is 7.95. The van der Waals surface area contributed by atoms with Crippen molar-refractivity contribution in [3.05, 3.63) is 77.4 Å². The number of rotatable bonds is 5. The van der Waals surface area contributed by atoms with Gasteiger partial charge >= 0.3 is 6.03 Å². The van der Waals surface area contributed by atoms with Gasteiger partial charge < -0.3 is 19.9 Å². The zero-order valence-corrected chi connectivity index (χ0v) is 15.5. The van der Waals surface area contributed by atoms with Crippen LogP contribution in [0.5, 0.6) is 5.75 Å². The van der Waals surface area contributed by atoms with Gasteiger partial charge in [-0.1, -0.05) is 6.07 Å². The number of aromatic nitrogens is 1. The van der Waals surface area contributed by atoms with Gasteiger partial charge in [-0.2, -0.15) is 0 Å². The maximum absolute atomic E-state index is 13.2. The number of anilines is 1. The molecule has 1 heterocycles. The summed E-state index contributed by atoms with van der Waals surface area (Å²) in [5.41, 5.74) is 4.57. The minimum Gasteiger partial charge on any atom is -0.497 e. The van der Waals surface area contributed by atoms with Gasteiger partial charge in [0.05, 0.1) is 7.11 Å². The molecule has 2 amide bonds. The quantitative estimate of drug-likeness (QED) is 0.694. The lowest BCUT2D eigenvalue weighted by Crippen LogP contribution is -2.28. The number of carbonyl (C=O) groups excluding carboxylic acids is 1. The molecule has 0 unspecified atom stereocenters. The van der Waals surface area contributed by atoms with Gasteiger partial charge in [0.15, 0.2) is 0 Å². The first-order valence-corrected chi connectivity index (χ1v) is 8.60. The summed E-state index contributed by atoms with van der Waals surface area (Å²) in [5, 5.41) is 5.44. The van der Waals surface area contributed by atoms with Crippen molar-refractivity contribution in [2.45, 2.75) is 20.4 Å². The van der Waals surface area contributed by atoms with E-state index in [0.29, 0.717) is 12.2 Å². The normalized spacial score (nSPS) is 10.5. The molecule has 6 heteroatoms. The van der Waals surface area contributed by atoms with E-state index in [1.165, 1.54) is 12.1 Å². The molecular weight excluding hydrogens is 345 g/mol. The molecule has 1 aromatic heterocycles.